The van der Waals surface area contributed by atoms with E-state index >= 15 is 0 Å². The molecule has 2 amide bonds. The highest BCUT2D eigenvalue weighted by molar-refractivity contribution is 5.79. The highest BCUT2D eigenvalue weighted by Gasteiger charge is 2.27. The summed E-state index contributed by atoms with van der Waals surface area (Å²) in [7, 11) is 0. The number of benzene rings is 1. The Morgan fingerprint density at radius 1 is 1.00 bits per heavy atom. The number of rotatable bonds is 4. The van der Waals surface area contributed by atoms with Crippen molar-refractivity contribution in [2.75, 3.05) is 26.2 Å². The molecule has 0 bridgehead atoms. The average Bonchev–Trinajstić information content (AvgIpc) is 2.87. The van der Waals surface area contributed by atoms with Gasteiger partial charge in [0.05, 0.1) is 0 Å². The lowest BCUT2D eigenvalue weighted by Crippen LogP contribution is -2.42. The number of carbonyl (C=O) groups is 2. The number of carbonyl (C=O) groups excluding carboxylic acids is 2. The van der Waals surface area contributed by atoms with Crippen LogP contribution in [0.3, 0.4) is 0 Å². The SMILES string of the molecule is CC(=O)N1CCC(C(=O)NCc2ccc3c(c2)CCN(C2CCC2)CC3)CC1. The molecular formula is C23H33N3O2. The zero-order chi connectivity index (χ0) is 19.5. The van der Waals surface area contributed by atoms with E-state index in [9.17, 15) is 9.59 Å². The van der Waals surface area contributed by atoms with Gasteiger partial charge in [0.1, 0.15) is 0 Å². The van der Waals surface area contributed by atoms with Crippen molar-refractivity contribution in [2.45, 2.75) is 64.5 Å². The molecule has 1 saturated carbocycles. The van der Waals surface area contributed by atoms with E-state index in [0.717, 1.165) is 31.7 Å². The predicted molar refractivity (Wildman–Crippen MR) is 110 cm³/mol. The summed E-state index contributed by atoms with van der Waals surface area (Å²) in [5, 5.41) is 3.13. The molecule has 1 aliphatic carbocycles. The maximum Gasteiger partial charge on any atom is 0.223 e. The Hall–Kier alpha value is -1.88. The summed E-state index contributed by atoms with van der Waals surface area (Å²) in [6.07, 6.45) is 7.95. The van der Waals surface area contributed by atoms with E-state index in [1.165, 1.54) is 49.0 Å². The van der Waals surface area contributed by atoms with Crippen LogP contribution in [0.25, 0.3) is 0 Å². The Morgan fingerprint density at radius 3 is 2.36 bits per heavy atom. The minimum atomic E-state index is 0.0347. The minimum Gasteiger partial charge on any atom is -0.352 e. The van der Waals surface area contributed by atoms with Crippen LogP contribution in [0.1, 0.15) is 55.7 Å². The number of likely N-dealkylation sites (tertiary alicyclic amines) is 1. The first kappa shape index (κ1) is 19.4. The summed E-state index contributed by atoms with van der Waals surface area (Å²) < 4.78 is 0. The molecule has 1 aromatic rings. The summed E-state index contributed by atoms with van der Waals surface area (Å²) in [4.78, 5) is 28.5. The highest BCUT2D eigenvalue weighted by atomic mass is 16.2. The van der Waals surface area contributed by atoms with E-state index in [2.05, 4.69) is 28.4 Å². The molecular weight excluding hydrogens is 350 g/mol. The first-order chi connectivity index (χ1) is 13.6. The van der Waals surface area contributed by atoms with Gasteiger partial charge in [-0.25, -0.2) is 0 Å². The van der Waals surface area contributed by atoms with Crippen molar-refractivity contribution in [3.63, 3.8) is 0 Å². The molecule has 1 saturated heterocycles. The van der Waals surface area contributed by atoms with Gasteiger partial charge in [0.2, 0.25) is 11.8 Å². The lowest BCUT2D eigenvalue weighted by atomic mass is 9.91. The molecule has 2 heterocycles. The van der Waals surface area contributed by atoms with Gasteiger partial charge in [0, 0.05) is 51.6 Å². The van der Waals surface area contributed by atoms with Gasteiger partial charge >= 0.3 is 0 Å². The van der Waals surface area contributed by atoms with E-state index in [1.807, 2.05) is 4.90 Å². The van der Waals surface area contributed by atoms with E-state index in [1.54, 1.807) is 6.92 Å². The predicted octanol–water partition coefficient (Wildman–Crippen LogP) is 2.51. The second-order valence-electron chi connectivity index (χ2n) is 8.72. The third-order valence-electron chi connectivity index (χ3n) is 6.98. The molecule has 0 spiro atoms. The van der Waals surface area contributed by atoms with Crippen LogP contribution in [0.4, 0.5) is 0 Å². The fraction of sp³-hybridized carbons (Fsp3) is 0.652. The van der Waals surface area contributed by atoms with Crippen LogP contribution in [0, 0.1) is 5.92 Å². The lowest BCUT2D eigenvalue weighted by molar-refractivity contribution is -0.134. The fourth-order valence-electron chi connectivity index (χ4n) is 4.81. The Bertz CT molecular complexity index is 721. The number of nitrogens with one attached hydrogen (secondary N) is 1. The van der Waals surface area contributed by atoms with Crippen molar-refractivity contribution in [1.82, 2.24) is 15.1 Å². The largest absolute Gasteiger partial charge is 0.352 e. The number of fused-ring (bicyclic) bond motifs is 1. The molecule has 3 aliphatic rings. The molecule has 152 valence electrons. The van der Waals surface area contributed by atoms with Gasteiger partial charge in [-0.2, -0.15) is 0 Å². The number of hydrogen-bond acceptors (Lipinski definition) is 3. The van der Waals surface area contributed by atoms with Gasteiger partial charge in [0.15, 0.2) is 0 Å². The summed E-state index contributed by atoms with van der Waals surface area (Å²) in [6.45, 7) is 5.96. The van der Waals surface area contributed by atoms with Gasteiger partial charge < -0.3 is 10.2 Å². The lowest BCUT2D eigenvalue weighted by Gasteiger charge is -2.36. The van der Waals surface area contributed by atoms with Crippen LogP contribution < -0.4 is 5.32 Å². The molecule has 0 atom stereocenters. The van der Waals surface area contributed by atoms with Gasteiger partial charge in [0.25, 0.3) is 0 Å². The maximum absolute atomic E-state index is 12.5. The van der Waals surface area contributed by atoms with Crippen molar-refractivity contribution in [3.05, 3.63) is 34.9 Å². The maximum atomic E-state index is 12.5. The zero-order valence-electron chi connectivity index (χ0n) is 17.1. The molecule has 2 fully saturated rings. The highest BCUT2D eigenvalue weighted by Crippen LogP contribution is 2.27. The van der Waals surface area contributed by atoms with Crippen LogP contribution >= 0.6 is 0 Å². The van der Waals surface area contributed by atoms with Gasteiger partial charge in [-0.05, 0) is 55.2 Å². The van der Waals surface area contributed by atoms with Gasteiger partial charge in [-0.15, -0.1) is 0 Å². The van der Waals surface area contributed by atoms with Crippen molar-refractivity contribution in [3.8, 4) is 0 Å². The number of nitrogens with zero attached hydrogens (tertiary/aromatic N) is 2. The second-order valence-corrected chi connectivity index (χ2v) is 8.72. The average molecular weight is 384 g/mol. The van der Waals surface area contributed by atoms with Crippen molar-refractivity contribution in [1.29, 1.82) is 0 Å². The van der Waals surface area contributed by atoms with Crippen LogP contribution in [-0.2, 0) is 29.0 Å². The van der Waals surface area contributed by atoms with Crippen LogP contribution in [0.5, 0.6) is 0 Å². The normalized spacial score (nSPS) is 21.5. The van der Waals surface area contributed by atoms with Crippen LogP contribution in [-0.4, -0.2) is 53.8 Å². The molecule has 1 N–H and O–H groups in total. The molecule has 2 aliphatic heterocycles. The molecule has 0 radical (unpaired) electrons. The third kappa shape index (κ3) is 4.40. The molecule has 5 heteroatoms. The topological polar surface area (TPSA) is 52.7 Å². The van der Waals surface area contributed by atoms with Crippen molar-refractivity contribution < 1.29 is 9.59 Å². The summed E-state index contributed by atoms with van der Waals surface area (Å²) in [5.41, 5.74) is 4.14. The fourth-order valence-corrected chi connectivity index (χ4v) is 4.81. The Kier molecular flexibility index (Phi) is 6.00. The smallest absolute Gasteiger partial charge is 0.223 e. The molecule has 0 aromatic heterocycles. The van der Waals surface area contributed by atoms with Crippen LogP contribution in [0.2, 0.25) is 0 Å². The molecule has 0 unspecified atom stereocenters. The number of piperidine rings is 1. The molecule has 1 aromatic carbocycles. The van der Waals surface area contributed by atoms with E-state index < -0.39 is 0 Å². The van der Waals surface area contributed by atoms with Crippen LogP contribution in [0.15, 0.2) is 18.2 Å². The summed E-state index contributed by atoms with van der Waals surface area (Å²) in [5.74, 6) is 0.279. The molecule has 4 rings (SSSR count). The quantitative estimate of drug-likeness (QED) is 0.869. The number of amides is 2. The monoisotopic (exact) mass is 383 g/mol. The second kappa shape index (κ2) is 8.64. The van der Waals surface area contributed by atoms with E-state index in [-0.39, 0.29) is 17.7 Å². The molecule has 28 heavy (non-hydrogen) atoms. The minimum absolute atomic E-state index is 0.0347. The van der Waals surface area contributed by atoms with E-state index in [4.69, 9.17) is 0 Å². The summed E-state index contributed by atoms with van der Waals surface area (Å²) >= 11 is 0. The first-order valence-corrected chi connectivity index (χ1v) is 11.0. The van der Waals surface area contributed by atoms with E-state index in [0.29, 0.717) is 19.6 Å². The Morgan fingerprint density at radius 2 is 1.71 bits per heavy atom. The number of hydrogen-bond donors (Lipinski definition) is 1. The van der Waals surface area contributed by atoms with Crippen molar-refractivity contribution >= 4 is 11.8 Å². The van der Waals surface area contributed by atoms with Gasteiger partial charge in [-0.1, -0.05) is 24.6 Å². The first-order valence-electron chi connectivity index (χ1n) is 11.0. The Balaban J connectivity index is 1.28. The standard InChI is InChI=1S/C23H33N3O2/c1-17(27)25-11-8-20(9-12-25)23(28)24-16-18-5-6-19-7-13-26(22-3-2-4-22)14-10-21(19)15-18/h5-6,15,20,22H,2-4,7-14,16H2,1H3,(H,24,28). The third-order valence-corrected chi connectivity index (χ3v) is 6.98. The Labute approximate surface area is 168 Å². The van der Waals surface area contributed by atoms with Gasteiger partial charge in [-0.3, -0.25) is 14.5 Å². The van der Waals surface area contributed by atoms with Crippen molar-refractivity contribution in [2.24, 2.45) is 5.92 Å². The summed E-state index contributed by atoms with van der Waals surface area (Å²) in [6, 6.07) is 7.57. The molecule has 5 nitrogen and oxygen atoms in total. The zero-order valence-corrected chi connectivity index (χ0v) is 17.1.